The molecule has 33 heavy (non-hydrogen) atoms. The van der Waals surface area contributed by atoms with E-state index in [0.29, 0.717) is 18.4 Å². The van der Waals surface area contributed by atoms with E-state index in [4.69, 9.17) is 5.10 Å². The van der Waals surface area contributed by atoms with E-state index in [9.17, 15) is 9.18 Å². The van der Waals surface area contributed by atoms with Gasteiger partial charge in [-0.1, -0.05) is 42.5 Å². The van der Waals surface area contributed by atoms with E-state index in [0.717, 1.165) is 36.3 Å². The summed E-state index contributed by atoms with van der Waals surface area (Å²) in [5.74, 6) is -0.193. The van der Waals surface area contributed by atoms with Crippen molar-refractivity contribution in [2.75, 3.05) is 13.6 Å². The van der Waals surface area contributed by atoms with Crippen molar-refractivity contribution in [2.24, 2.45) is 0 Å². The number of amides is 1. The molecule has 1 aromatic heterocycles. The van der Waals surface area contributed by atoms with Gasteiger partial charge in [0.1, 0.15) is 11.9 Å². The van der Waals surface area contributed by atoms with E-state index in [1.807, 2.05) is 56.3 Å². The Kier molecular flexibility index (Phi) is 6.94. The Morgan fingerprint density at radius 3 is 2.64 bits per heavy atom. The second-order valence-corrected chi connectivity index (χ2v) is 8.83. The maximum Gasteiger partial charge on any atom is 0.241 e. The number of rotatable bonds is 7. The number of carbonyl (C=O) groups is 1. The number of aromatic nitrogens is 2. The lowest BCUT2D eigenvalue weighted by Crippen LogP contribution is -2.45. The van der Waals surface area contributed by atoms with Gasteiger partial charge in [-0.25, -0.2) is 4.39 Å². The van der Waals surface area contributed by atoms with E-state index in [1.165, 1.54) is 11.3 Å². The molecular weight excluding hydrogens is 415 g/mol. The fourth-order valence-corrected chi connectivity index (χ4v) is 5.19. The number of likely N-dealkylation sites (N-methyl/N-ethyl adjacent to an activating group) is 1. The molecule has 0 radical (unpaired) electrons. The van der Waals surface area contributed by atoms with E-state index in [-0.39, 0.29) is 17.8 Å². The summed E-state index contributed by atoms with van der Waals surface area (Å²) in [5.41, 5.74) is 6.03. The van der Waals surface area contributed by atoms with Gasteiger partial charge in [0.25, 0.3) is 0 Å². The van der Waals surface area contributed by atoms with Gasteiger partial charge in [0.2, 0.25) is 5.91 Å². The fraction of sp³-hybridized carbons (Fsp3) is 0.407. The van der Waals surface area contributed by atoms with Crippen LogP contribution in [0.15, 0.2) is 48.5 Å². The number of nitrogens with zero attached hydrogens (tertiary/aromatic N) is 3. The summed E-state index contributed by atoms with van der Waals surface area (Å²) >= 11 is 0. The predicted molar refractivity (Wildman–Crippen MR) is 128 cm³/mol. The monoisotopic (exact) mass is 448 g/mol. The summed E-state index contributed by atoms with van der Waals surface area (Å²) in [6.07, 6.45) is 2.14. The smallest absolute Gasteiger partial charge is 0.241 e. The van der Waals surface area contributed by atoms with Crippen molar-refractivity contribution in [1.29, 1.82) is 0 Å². The van der Waals surface area contributed by atoms with Crippen LogP contribution in [0.3, 0.4) is 0 Å². The normalized spacial score (nSPS) is 16.9. The largest absolute Gasteiger partial charge is 0.358 e. The number of halogens is 1. The zero-order valence-corrected chi connectivity index (χ0v) is 19.9. The molecule has 0 fully saturated rings. The van der Waals surface area contributed by atoms with Crippen LogP contribution in [0.4, 0.5) is 4.39 Å². The number of hydrogen-bond acceptors (Lipinski definition) is 3. The highest BCUT2D eigenvalue weighted by atomic mass is 19.1. The molecule has 1 aliphatic rings. The molecule has 3 aromatic rings. The van der Waals surface area contributed by atoms with Crippen molar-refractivity contribution in [3.8, 4) is 0 Å². The van der Waals surface area contributed by atoms with Crippen LogP contribution >= 0.6 is 0 Å². The molecule has 174 valence electrons. The third-order valence-electron chi connectivity index (χ3n) is 6.76. The Hall–Kier alpha value is -2.99. The molecule has 5 nitrogen and oxygen atoms in total. The molecule has 1 aliphatic heterocycles. The van der Waals surface area contributed by atoms with Gasteiger partial charge < -0.3 is 5.32 Å². The molecule has 2 atom stereocenters. The Labute approximate surface area is 195 Å². The predicted octanol–water partition coefficient (Wildman–Crippen LogP) is 4.68. The Morgan fingerprint density at radius 2 is 1.97 bits per heavy atom. The first-order chi connectivity index (χ1) is 15.9. The van der Waals surface area contributed by atoms with Crippen molar-refractivity contribution in [2.45, 2.75) is 58.7 Å². The van der Waals surface area contributed by atoms with E-state index < -0.39 is 6.04 Å². The lowest BCUT2D eigenvalue weighted by molar-refractivity contribution is -0.127. The quantitative estimate of drug-likeness (QED) is 0.571. The highest BCUT2D eigenvalue weighted by Crippen LogP contribution is 2.40. The van der Waals surface area contributed by atoms with Crippen LogP contribution in [-0.4, -0.2) is 34.2 Å². The van der Waals surface area contributed by atoms with E-state index >= 15 is 0 Å². The summed E-state index contributed by atoms with van der Waals surface area (Å²) < 4.78 is 16.7. The molecule has 1 amide bonds. The number of fused-ring (bicyclic) bond motifs is 1. The standard InChI is InChI=1S/C27H33FN4O/c1-5-32-24-15-16-31(26(27(33)29-4)21-9-7-6-8-10-21)23(25(24)19(3)30-32)14-13-20-12-11-18(2)17-22(20)28/h6-12,17,23,26H,5,13-16H2,1-4H3,(H,29,33). The van der Waals surface area contributed by atoms with E-state index in [1.54, 1.807) is 13.1 Å². The van der Waals surface area contributed by atoms with Gasteiger partial charge in [-0.2, -0.15) is 5.10 Å². The summed E-state index contributed by atoms with van der Waals surface area (Å²) in [7, 11) is 1.69. The summed E-state index contributed by atoms with van der Waals surface area (Å²) in [4.78, 5) is 15.4. The molecule has 2 heterocycles. The molecule has 0 saturated carbocycles. The van der Waals surface area contributed by atoms with Crippen LogP contribution in [0.25, 0.3) is 0 Å². The van der Waals surface area contributed by atoms with Crippen LogP contribution in [0.1, 0.15) is 59.1 Å². The van der Waals surface area contributed by atoms with E-state index in [2.05, 4.69) is 21.8 Å². The minimum atomic E-state index is -0.415. The first-order valence-electron chi connectivity index (χ1n) is 11.8. The Morgan fingerprint density at radius 1 is 1.21 bits per heavy atom. The third-order valence-corrected chi connectivity index (χ3v) is 6.76. The van der Waals surface area contributed by atoms with Gasteiger partial charge in [-0.15, -0.1) is 0 Å². The molecule has 2 unspecified atom stereocenters. The van der Waals surface area contributed by atoms with Gasteiger partial charge in [-0.05, 0) is 56.4 Å². The maximum atomic E-state index is 14.6. The number of carbonyl (C=O) groups excluding carboxylic acids is 1. The van der Waals surface area contributed by atoms with Crippen LogP contribution in [0.2, 0.25) is 0 Å². The van der Waals surface area contributed by atoms with Crippen molar-refractivity contribution in [3.63, 3.8) is 0 Å². The lowest BCUT2D eigenvalue weighted by Gasteiger charge is -2.41. The van der Waals surface area contributed by atoms with Gasteiger partial charge in [0.05, 0.1) is 5.69 Å². The van der Waals surface area contributed by atoms with Gasteiger partial charge >= 0.3 is 0 Å². The first kappa shape index (κ1) is 23.2. The second-order valence-electron chi connectivity index (χ2n) is 8.83. The lowest BCUT2D eigenvalue weighted by atomic mass is 9.88. The summed E-state index contributed by atoms with van der Waals surface area (Å²) in [6, 6.07) is 14.9. The molecule has 0 bridgehead atoms. The van der Waals surface area contributed by atoms with Crippen molar-refractivity contribution in [3.05, 3.63) is 88.0 Å². The number of aryl methyl sites for hydroxylation is 4. The molecule has 0 saturated heterocycles. The molecule has 1 N–H and O–H groups in total. The molecule has 2 aromatic carbocycles. The molecule has 0 aliphatic carbocycles. The van der Waals surface area contributed by atoms with Gasteiger partial charge in [-0.3, -0.25) is 14.4 Å². The van der Waals surface area contributed by atoms with Crippen LogP contribution < -0.4 is 5.32 Å². The van der Waals surface area contributed by atoms with Crippen LogP contribution in [0, 0.1) is 19.7 Å². The van der Waals surface area contributed by atoms with Gasteiger partial charge in [0, 0.05) is 43.9 Å². The summed E-state index contributed by atoms with van der Waals surface area (Å²) in [6.45, 7) is 7.61. The van der Waals surface area contributed by atoms with Crippen molar-refractivity contribution >= 4 is 5.91 Å². The number of benzene rings is 2. The zero-order valence-electron chi connectivity index (χ0n) is 19.9. The van der Waals surface area contributed by atoms with Crippen molar-refractivity contribution in [1.82, 2.24) is 20.0 Å². The fourth-order valence-electron chi connectivity index (χ4n) is 5.19. The number of hydrogen-bond donors (Lipinski definition) is 1. The Bertz CT molecular complexity index is 1120. The van der Waals surface area contributed by atoms with Crippen molar-refractivity contribution < 1.29 is 9.18 Å². The van der Waals surface area contributed by atoms with Gasteiger partial charge in [0.15, 0.2) is 0 Å². The highest BCUT2D eigenvalue weighted by Gasteiger charge is 2.39. The average Bonchev–Trinajstić information content (AvgIpc) is 3.15. The van der Waals surface area contributed by atoms with Crippen LogP contribution in [0.5, 0.6) is 0 Å². The highest BCUT2D eigenvalue weighted by molar-refractivity contribution is 5.83. The SMILES string of the molecule is CCn1nc(C)c2c1CCN(C(C(=O)NC)c1ccccc1)C2CCc1ccc(C)cc1F. The molecule has 6 heteroatoms. The van der Waals surface area contributed by atoms with Crippen LogP contribution in [-0.2, 0) is 24.2 Å². The summed E-state index contributed by atoms with van der Waals surface area (Å²) in [5, 5.41) is 7.66. The minimum Gasteiger partial charge on any atom is -0.358 e. The molecule has 4 rings (SSSR count). The number of nitrogens with one attached hydrogen (secondary N) is 1. The third kappa shape index (κ3) is 4.58. The Balaban J connectivity index is 1.75. The second kappa shape index (κ2) is 9.87. The topological polar surface area (TPSA) is 50.2 Å². The first-order valence-corrected chi connectivity index (χ1v) is 11.8. The minimum absolute atomic E-state index is 0.0303. The molecular formula is C27H33FN4O. The average molecular weight is 449 g/mol. The maximum absolute atomic E-state index is 14.6. The molecule has 0 spiro atoms. The zero-order chi connectivity index (χ0) is 23.5.